The number of carbonyl (C=O) groups is 3. The monoisotopic (exact) mass is 346 g/mol. The fourth-order valence-electron chi connectivity index (χ4n) is 3.30. The maximum atomic E-state index is 12.6. The van der Waals surface area contributed by atoms with Gasteiger partial charge in [0.15, 0.2) is 0 Å². The second-order valence-corrected chi connectivity index (χ2v) is 6.13. The van der Waals surface area contributed by atoms with Crippen molar-refractivity contribution < 1.29 is 19.1 Å². The van der Waals surface area contributed by atoms with Crippen molar-refractivity contribution in [3.8, 4) is 0 Å². The van der Waals surface area contributed by atoms with Crippen LogP contribution >= 0.6 is 0 Å². The van der Waals surface area contributed by atoms with Crippen LogP contribution in [-0.4, -0.2) is 67.2 Å². The third-order valence-corrected chi connectivity index (χ3v) is 4.59. The molecule has 0 unspecified atom stereocenters. The highest BCUT2D eigenvalue weighted by Crippen LogP contribution is 2.20. The van der Waals surface area contributed by atoms with Gasteiger partial charge in [0, 0.05) is 26.2 Å². The minimum atomic E-state index is -0.499. The number of amides is 4. The van der Waals surface area contributed by atoms with Crippen molar-refractivity contribution in [3.05, 3.63) is 29.8 Å². The first-order chi connectivity index (χ1) is 12.1. The van der Waals surface area contributed by atoms with Crippen molar-refractivity contribution >= 4 is 23.7 Å². The average molecular weight is 346 g/mol. The summed E-state index contributed by atoms with van der Waals surface area (Å²) in [4.78, 5) is 39.8. The van der Waals surface area contributed by atoms with E-state index in [0.717, 1.165) is 12.8 Å². The maximum Gasteiger partial charge on any atom is 0.339 e. The van der Waals surface area contributed by atoms with Crippen LogP contribution in [0.5, 0.6) is 0 Å². The summed E-state index contributed by atoms with van der Waals surface area (Å²) in [5.41, 5.74) is 0.728. The number of nitrogens with zero attached hydrogens (tertiary/aromatic N) is 2. The van der Waals surface area contributed by atoms with Crippen molar-refractivity contribution in [1.29, 1.82) is 0 Å². The molecule has 134 valence electrons. The van der Waals surface area contributed by atoms with Crippen LogP contribution in [0.15, 0.2) is 24.3 Å². The summed E-state index contributed by atoms with van der Waals surface area (Å²) < 4.78 is 4.75. The lowest BCUT2D eigenvalue weighted by Gasteiger charge is -2.37. The lowest BCUT2D eigenvalue weighted by atomic mass is 10.0. The first-order valence-electron chi connectivity index (χ1n) is 8.38. The van der Waals surface area contributed by atoms with E-state index < -0.39 is 5.97 Å². The van der Waals surface area contributed by atoms with E-state index >= 15 is 0 Å². The number of piperidine rings is 1. The van der Waals surface area contributed by atoms with E-state index in [1.807, 2.05) is 0 Å². The lowest BCUT2D eigenvalue weighted by Crippen LogP contribution is -2.51. The molecule has 0 saturated carbocycles. The number of likely N-dealkylation sites (tertiary alicyclic amines) is 1. The summed E-state index contributed by atoms with van der Waals surface area (Å²) in [5.74, 6) is -0.499. The Hall–Kier alpha value is -2.77. The van der Waals surface area contributed by atoms with Gasteiger partial charge in [0.1, 0.15) is 0 Å². The van der Waals surface area contributed by atoms with Crippen LogP contribution in [-0.2, 0) is 4.74 Å². The first kappa shape index (κ1) is 17.1. The highest BCUT2D eigenvalue weighted by Gasteiger charge is 2.33. The molecule has 2 aliphatic heterocycles. The standard InChI is InChI=1S/C17H22N4O4/c1-25-15(22)13-6-2-3-7-14(13)19-17(24)20-9-4-5-12(11-20)21-10-8-18-16(21)23/h2-3,6-7,12H,4-5,8-11H2,1H3,(H,18,23)(H,19,24)/t12-/m1/s1. The highest BCUT2D eigenvalue weighted by atomic mass is 16.5. The highest BCUT2D eigenvalue weighted by molar-refractivity contribution is 6.00. The zero-order valence-corrected chi connectivity index (χ0v) is 14.2. The van der Waals surface area contributed by atoms with Crippen LogP contribution in [0.25, 0.3) is 0 Å². The van der Waals surface area contributed by atoms with Gasteiger partial charge in [-0.05, 0) is 25.0 Å². The van der Waals surface area contributed by atoms with E-state index in [0.29, 0.717) is 37.4 Å². The van der Waals surface area contributed by atoms with Gasteiger partial charge in [0.2, 0.25) is 0 Å². The number of esters is 1. The predicted molar refractivity (Wildman–Crippen MR) is 91.5 cm³/mol. The third-order valence-electron chi connectivity index (χ3n) is 4.59. The third kappa shape index (κ3) is 3.67. The van der Waals surface area contributed by atoms with Crippen molar-refractivity contribution in [2.45, 2.75) is 18.9 Å². The normalized spacial score (nSPS) is 20.2. The van der Waals surface area contributed by atoms with Crippen LogP contribution in [0, 0.1) is 0 Å². The number of nitrogens with one attached hydrogen (secondary N) is 2. The van der Waals surface area contributed by atoms with E-state index in [2.05, 4.69) is 10.6 Å². The Labute approximate surface area is 146 Å². The Bertz CT molecular complexity index is 678. The van der Waals surface area contributed by atoms with Crippen LogP contribution in [0.4, 0.5) is 15.3 Å². The molecule has 3 rings (SSSR count). The molecule has 0 radical (unpaired) electrons. The fourth-order valence-corrected chi connectivity index (χ4v) is 3.30. The van der Waals surface area contributed by atoms with Gasteiger partial charge in [-0.3, -0.25) is 0 Å². The summed E-state index contributed by atoms with van der Waals surface area (Å²) in [5, 5.41) is 5.58. The van der Waals surface area contributed by atoms with Crippen LogP contribution in [0.1, 0.15) is 23.2 Å². The van der Waals surface area contributed by atoms with E-state index in [-0.39, 0.29) is 18.1 Å². The summed E-state index contributed by atoms with van der Waals surface area (Å²) >= 11 is 0. The molecular formula is C17H22N4O4. The molecule has 0 aromatic heterocycles. The van der Waals surface area contributed by atoms with Gasteiger partial charge in [0.05, 0.1) is 24.4 Å². The maximum absolute atomic E-state index is 12.6. The summed E-state index contributed by atoms with van der Waals surface area (Å²) in [6.07, 6.45) is 1.72. The molecule has 4 amide bonds. The fraction of sp³-hybridized carbons (Fsp3) is 0.471. The largest absolute Gasteiger partial charge is 0.465 e. The Kier molecular flexibility index (Phi) is 5.06. The summed E-state index contributed by atoms with van der Waals surface area (Å²) in [6.45, 7) is 2.43. The molecular weight excluding hydrogens is 324 g/mol. The van der Waals surface area contributed by atoms with E-state index in [9.17, 15) is 14.4 Å². The molecule has 0 aliphatic carbocycles. The van der Waals surface area contributed by atoms with Gasteiger partial charge in [-0.15, -0.1) is 0 Å². The first-order valence-corrected chi connectivity index (χ1v) is 8.38. The number of carbonyl (C=O) groups excluding carboxylic acids is 3. The number of ether oxygens (including phenoxy) is 1. The van der Waals surface area contributed by atoms with Crippen molar-refractivity contribution in [1.82, 2.24) is 15.1 Å². The van der Waals surface area contributed by atoms with Crippen LogP contribution < -0.4 is 10.6 Å². The molecule has 8 nitrogen and oxygen atoms in total. The number of hydrogen-bond acceptors (Lipinski definition) is 4. The molecule has 0 spiro atoms. The molecule has 2 aliphatic rings. The molecule has 1 atom stereocenters. The van der Waals surface area contributed by atoms with Crippen LogP contribution in [0.2, 0.25) is 0 Å². The molecule has 1 aromatic rings. The van der Waals surface area contributed by atoms with Crippen molar-refractivity contribution in [3.63, 3.8) is 0 Å². The number of para-hydroxylation sites is 1. The van der Waals surface area contributed by atoms with E-state index in [4.69, 9.17) is 4.74 Å². The molecule has 8 heteroatoms. The average Bonchev–Trinajstić information content (AvgIpc) is 3.07. The molecule has 2 heterocycles. The Morgan fingerprint density at radius 3 is 2.80 bits per heavy atom. The molecule has 2 N–H and O–H groups in total. The second kappa shape index (κ2) is 7.42. The molecule has 0 bridgehead atoms. The summed E-state index contributed by atoms with van der Waals surface area (Å²) in [6, 6.07) is 6.41. The van der Waals surface area contributed by atoms with Gasteiger partial charge in [-0.25, -0.2) is 14.4 Å². The number of hydrogen-bond donors (Lipinski definition) is 2. The minimum absolute atomic E-state index is 0.0258. The number of benzene rings is 1. The molecule has 25 heavy (non-hydrogen) atoms. The minimum Gasteiger partial charge on any atom is -0.465 e. The smallest absolute Gasteiger partial charge is 0.339 e. The van der Waals surface area contributed by atoms with Crippen molar-refractivity contribution in [2.24, 2.45) is 0 Å². The molecule has 1 aromatic carbocycles. The number of rotatable bonds is 3. The SMILES string of the molecule is COC(=O)c1ccccc1NC(=O)N1CCC[C@@H](N2CCNC2=O)C1. The predicted octanol–water partition coefficient (Wildman–Crippen LogP) is 1.49. The Morgan fingerprint density at radius 2 is 2.08 bits per heavy atom. The van der Waals surface area contributed by atoms with Gasteiger partial charge < -0.3 is 25.2 Å². The number of anilines is 1. The van der Waals surface area contributed by atoms with E-state index in [1.54, 1.807) is 34.1 Å². The number of urea groups is 2. The molecule has 2 saturated heterocycles. The van der Waals surface area contributed by atoms with Gasteiger partial charge in [-0.2, -0.15) is 0 Å². The molecule has 2 fully saturated rings. The van der Waals surface area contributed by atoms with Gasteiger partial charge >= 0.3 is 18.0 Å². The zero-order valence-electron chi connectivity index (χ0n) is 14.2. The van der Waals surface area contributed by atoms with E-state index in [1.165, 1.54) is 7.11 Å². The Balaban J connectivity index is 1.67. The van der Waals surface area contributed by atoms with Gasteiger partial charge in [0.25, 0.3) is 0 Å². The quantitative estimate of drug-likeness (QED) is 0.812. The van der Waals surface area contributed by atoms with Crippen LogP contribution in [0.3, 0.4) is 0 Å². The van der Waals surface area contributed by atoms with Gasteiger partial charge in [-0.1, -0.05) is 12.1 Å². The zero-order chi connectivity index (χ0) is 17.8. The van der Waals surface area contributed by atoms with Crippen molar-refractivity contribution in [2.75, 3.05) is 38.6 Å². The second-order valence-electron chi connectivity index (χ2n) is 6.13. The Morgan fingerprint density at radius 1 is 1.28 bits per heavy atom. The summed E-state index contributed by atoms with van der Waals surface area (Å²) in [7, 11) is 1.30. The topological polar surface area (TPSA) is 91.0 Å². The lowest BCUT2D eigenvalue weighted by molar-refractivity contribution is 0.0602. The number of methoxy groups -OCH3 is 1.